The van der Waals surface area contributed by atoms with Crippen LogP contribution in [0.4, 0.5) is 5.69 Å². The molecule has 2 heterocycles. The second-order valence-electron chi connectivity index (χ2n) is 8.38. The minimum atomic E-state index is -0.802. The summed E-state index contributed by atoms with van der Waals surface area (Å²) in [4.78, 5) is 49.3. The summed E-state index contributed by atoms with van der Waals surface area (Å²) in [5, 5.41) is 13.5. The Hall–Kier alpha value is -4.67. The van der Waals surface area contributed by atoms with Crippen molar-refractivity contribution in [1.82, 2.24) is 10.2 Å². The van der Waals surface area contributed by atoms with E-state index >= 15 is 0 Å². The lowest BCUT2D eigenvalue weighted by Gasteiger charge is -2.46. The van der Waals surface area contributed by atoms with Gasteiger partial charge in [0.05, 0.1) is 17.2 Å². The van der Waals surface area contributed by atoms with Gasteiger partial charge in [-0.05, 0) is 48.4 Å². The van der Waals surface area contributed by atoms with Gasteiger partial charge >= 0.3 is 5.97 Å². The van der Waals surface area contributed by atoms with E-state index in [0.29, 0.717) is 24.2 Å². The molecule has 3 aromatic rings. The van der Waals surface area contributed by atoms with Gasteiger partial charge in [-0.15, -0.1) is 0 Å². The minimum absolute atomic E-state index is 0.0668. The summed E-state index contributed by atoms with van der Waals surface area (Å²) in [5.41, 5.74) is 0.509. The van der Waals surface area contributed by atoms with Crippen molar-refractivity contribution in [3.63, 3.8) is 0 Å². The van der Waals surface area contributed by atoms with Crippen LogP contribution in [0.15, 0.2) is 77.4 Å². The molecule has 1 aliphatic heterocycles. The van der Waals surface area contributed by atoms with Crippen molar-refractivity contribution in [2.24, 2.45) is 0 Å². The zero-order chi connectivity index (χ0) is 26.2. The molecule has 2 atom stereocenters. The molecule has 37 heavy (non-hydrogen) atoms. The van der Waals surface area contributed by atoms with Gasteiger partial charge in [0.2, 0.25) is 5.91 Å². The van der Waals surface area contributed by atoms with Crippen LogP contribution in [0, 0.1) is 10.1 Å². The summed E-state index contributed by atoms with van der Waals surface area (Å²) in [5.74, 6) is -0.232. The van der Waals surface area contributed by atoms with Gasteiger partial charge in [0, 0.05) is 18.6 Å². The van der Waals surface area contributed by atoms with E-state index in [1.807, 2.05) is 12.1 Å². The van der Waals surface area contributed by atoms with Crippen molar-refractivity contribution in [2.75, 3.05) is 13.2 Å². The Balaban J connectivity index is 1.32. The van der Waals surface area contributed by atoms with Crippen LogP contribution in [-0.4, -0.2) is 52.8 Å². The smallest absolute Gasteiger partial charge is 0.325 e. The number of non-ortho nitro benzene ring substituents is 1. The molecule has 0 bridgehead atoms. The first kappa shape index (κ1) is 25.4. The number of nitro groups is 1. The van der Waals surface area contributed by atoms with Crippen molar-refractivity contribution in [3.05, 3.63) is 94.4 Å². The number of benzene rings is 2. The van der Waals surface area contributed by atoms with E-state index in [1.54, 1.807) is 36.6 Å². The predicted octanol–water partition coefficient (Wildman–Crippen LogP) is 2.64. The SMILES string of the molecule is O=C(COc1ccccc1)N[C@@H]1C(=O)N(CC(=O)OCc2ccc([N+](=O)[O-])cc2)[C@@H]1CCc1ccco1. The molecule has 0 radical (unpaired) electrons. The molecule has 1 aromatic heterocycles. The van der Waals surface area contributed by atoms with E-state index in [0.717, 1.165) is 5.76 Å². The molecular weight excluding hydrogens is 482 g/mol. The highest BCUT2D eigenvalue weighted by Gasteiger charge is 2.48. The number of nitro benzene ring substituents is 1. The summed E-state index contributed by atoms with van der Waals surface area (Å²) in [7, 11) is 0. The number of likely N-dealkylation sites (tertiary alicyclic amines) is 1. The van der Waals surface area contributed by atoms with Crippen molar-refractivity contribution in [2.45, 2.75) is 31.5 Å². The van der Waals surface area contributed by atoms with Crippen LogP contribution < -0.4 is 10.1 Å². The molecule has 0 aliphatic carbocycles. The second kappa shape index (κ2) is 11.8. The lowest BCUT2D eigenvalue weighted by molar-refractivity contribution is -0.384. The van der Waals surface area contributed by atoms with Crippen LogP contribution in [0.5, 0.6) is 5.75 Å². The normalized spacial score (nSPS) is 16.5. The van der Waals surface area contributed by atoms with Gasteiger partial charge in [-0.1, -0.05) is 18.2 Å². The number of aryl methyl sites for hydroxylation is 1. The molecule has 1 N–H and O–H groups in total. The van der Waals surface area contributed by atoms with E-state index in [4.69, 9.17) is 13.9 Å². The van der Waals surface area contributed by atoms with Crippen LogP contribution in [0.1, 0.15) is 17.7 Å². The summed E-state index contributed by atoms with van der Waals surface area (Å²) in [6, 6.07) is 16.8. The highest BCUT2D eigenvalue weighted by Crippen LogP contribution is 2.25. The Morgan fingerprint density at radius 2 is 1.81 bits per heavy atom. The summed E-state index contributed by atoms with van der Waals surface area (Å²) >= 11 is 0. The summed E-state index contributed by atoms with van der Waals surface area (Å²) in [6.45, 7) is -0.635. The fourth-order valence-electron chi connectivity index (χ4n) is 3.97. The lowest BCUT2D eigenvalue weighted by atomic mass is 9.90. The first-order chi connectivity index (χ1) is 17.9. The molecule has 2 aromatic carbocycles. The van der Waals surface area contributed by atoms with E-state index < -0.39 is 34.8 Å². The highest BCUT2D eigenvalue weighted by molar-refractivity contribution is 5.95. The first-order valence-corrected chi connectivity index (χ1v) is 11.6. The van der Waals surface area contributed by atoms with Gasteiger partial charge in [0.25, 0.3) is 11.6 Å². The Labute approximate surface area is 212 Å². The summed E-state index contributed by atoms with van der Waals surface area (Å²) in [6.07, 6.45) is 2.51. The Bertz CT molecular complexity index is 1230. The number of carbonyl (C=O) groups excluding carboxylic acids is 3. The average Bonchev–Trinajstić information content (AvgIpc) is 3.43. The molecule has 0 saturated carbocycles. The van der Waals surface area contributed by atoms with Gasteiger partial charge in [-0.3, -0.25) is 24.5 Å². The van der Waals surface area contributed by atoms with Crippen LogP contribution >= 0.6 is 0 Å². The summed E-state index contributed by atoms with van der Waals surface area (Å²) < 4.78 is 16.1. The van der Waals surface area contributed by atoms with E-state index in [9.17, 15) is 24.5 Å². The molecule has 0 unspecified atom stereocenters. The number of hydrogen-bond acceptors (Lipinski definition) is 8. The topological polar surface area (TPSA) is 141 Å². The van der Waals surface area contributed by atoms with Gasteiger partial charge < -0.3 is 24.1 Å². The number of furan rings is 1. The monoisotopic (exact) mass is 507 g/mol. The zero-order valence-electron chi connectivity index (χ0n) is 19.8. The molecule has 11 heteroatoms. The van der Waals surface area contributed by atoms with Crippen molar-refractivity contribution >= 4 is 23.5 Å². The van der Waals surface area contributed by atoms with Gasteiger partial charge in [-0.2, -0.15) is 0 Å². The van der Waals surface area contributed by atoms with Crippen LogP contribution in [0.3, 0.4) is 0 Å². The third-order valence-corrected chi connectivity index (χ3v) is 5.88. The van der Waals surface area contributed by atoms with Gasteiger partial charge in [0.1, 0.15) is 30.7 Å². The van der Waals surface area contributed by atoms with Gasteiger partial charge in [-0.25, -0.2) is 0 Å². The predicted molar refractivity (Wildman–Crippen MR) is 129 cm³/mol. The first-order valence-electron chi connectivity index (χ1n) is 11.6. The number of β-lactam (4-membered cyclic amide) rings is 1. The molecule has 2 amide bonds. The zero-order valence-corrected chi connectivity index (χ0v) is 19.8. The van der Waals surface area contributed by atoms with Crippen molar-refractivity contribution < 1.29 is 33.2 Å². The fraction of sp³-hybridized carbons (Fsp3) is 0.269. The van der Waals surface area contributed by atoms with Crippen molar-refractivity contribution in [1.29, 1.82) is 0 Å². The van der Waals surface area contributed by atoms with Crippen molar-refractivity contribution in [3.8, 4) is 5.75 Å². The number of ether oxygens (including phenoxy) is 2. The maximum Gasteiger partial charge on any atom is 0.325 e. The largest absolute Gasteiger partial charge is 0.484 e. The maximum absolute atomic E-state index is 12.8. The molecule has 4 rings (SSSR count). The fourth-order valence-corrected chi connectivity index (χ4v) is 3.97. The molecule has 192 valence electrons. The average molecular weight is 507 g/mol. The highest BCUT2D eigenvalue weighted by atomic mass is 16.6. The second-order valence-corrected chi connectivity index (χ2v) is 8.38. The third-order valence-electron chi connectivity index (χ3n) is 5.88. The molecule has 1 aliphatic rings. The van der Waals surface area contributed by atoms with E-state index in [2.05, 4.69) is 5.32 Å². The van der Waals surface area contributed by atoms with Crippen LogP contribution in [0.2, 0.25) is 0 Å². The number of nitrogens with one attached hydrogen (secondary N) is 1. The number of hydrogen-bond donors (Lipinski definition) is 1. The molecule has 1 saturated heterocycles. The molecular formula is C26H25N3O8. The Kier molecular flexibility index (Phi) is 8.14. The Morgan fingerprint density at radius 1 is 1.05 bits per heavy atom. The standard InChI is InChI=1S/C26H25N3O8/c30-23(17-36-20-5-2-1-3-6-20)27-25-22(13-12-21-7-4-14-35-21)28(26(25)32)15-24(31)37-16-18-8-10-19(11-9-18)29(33)34/h1-11,14,22,25H,12-13,15-17H2,(H,27,30)/t22-,25+/m1/s1. The maximum atomic E-state index is 12.8. The number of carbonyl (C=O) groups is 3. The van der Waals surface area contributed by atoms with E-state index in [-0.39, 0.29) is 25.4 Å². The quantitative estimate of drug-likeness (QED) is 0.171. The van der Waals surface area contributed by atoms with Crippen LogP contribution in [0.25, 0.3) is 0 Å². The molecule has 1 fully saturated rings. The number of amides is 2. The Morgan fingerprint density at radius 3 is 2.49 bits per heavy atom. The minimum Gasteiger partial charge on any atom is -0.484 e. The van der Waals surface area contributed by atoms with Crippen LogP contribution in [-0.2, 0) is 32.1 Å². The number of para-hydroxylation sites is 1. The molecule has 0 spiro atoms. The number of rotatable bonds is 12. The number of esters is 1. The van der Waals surface area contributed by atoms with E-state index in [1.165, 1.54) is 29.2 Å². The lowest BCUT2D eigenvalue weighted by Crippen LogP contribution is -2.71. The molecule has 11 nitrogen and oxygen atoms in total. The van der Waals surface area contributed by atoms with Gasteiger partial charge in [0.15, 0.2) is 6.61 Å². The third kappa shape index (κ3) is 6.72. The number of nitrogens with zero attached hydrogens (tertiary/aromatic N) is 2.